The third kappa shape index (κ3) is 5.17. The molecule has 0 radical (unpaired) electrons. The summed E-state index contributed by atoms with van der Waals surface area (Å²) in [4.78, 5) is 0. The van der Waals surface area contributed by atoms with Gasteiger partial charge in [-0.15, -0.1) is 0 Å². The molecule has 1 aromatic rings. The van der Waals surface area contributed by atoms with Crippen molar-refractivity contribution < 1.29 is 19.3 Å². The largest absolute Gasteiger partial charge is 0.493 e. The average Bonchev–Trinajstić information content (AvgIpc) is 2.43. The molecule has 20 heavy (non-hydrogen) atoms. The topological polar surface area (TPSA) is 60.0 Å². The summed E-state index contributed by atoms with van der Waals surface area (Å²) in [5.74, 6) is 0.982. The van der Waals surface area contributed by atoms with Crippen LogP contribution in [0, 0.1) is 0 Å². The summed E-state index contributed by atoms with van der Waals surface area (Å²) < 4.78 is 15.9. The number of methoxy groups -OCH3 is 1. The van der Waals surface area contributed by atoms with Gasteiger partial charge in [0.1, 0.15) is 12.7 Å². The van der Waals surface area contributed by atoms with Crippen LogP contribution in [0.3, 0.4) is 0 Å². The Bertz CT molecular complexity index is 414. The third-order valence-corrected chi connectivity index (χ3v) is 2.89. The van der Waals surface area contributed by atoms with Crippen molar-refractivity contribution in [2.24, 2.45) is 0 Å². The molecule has 1 atom stereocenters. The quantitative estimate of drug-likeness (QED) is 0.729. The molecule has 0 heterocycles. The van der Waals surface area contributed by atoms with E-state index in [0.29, 0.717) is 29.7 Å². The minimum atomic E-state index is -0.701. The molecule has 0 saturated heterocycles. The van der Waals surface area contributed by atoms with Crippen LogP contribution in [0.2, 0.25) is 5.02 Å². The fraction of sp³-hybridized carbons (Fsp3) is 0.571. The van der Waals surface area contributed by atoms with E-state index in [2.05, 4.69) is 5.32 Å². The minimum absolute atomic E-state index is 0.0987. The molecule has 1 unspecified atom stereocenters. The number of nitrogens with one attached hydrogen (secondary N) is 1. The highest BCUT2D eigenvalue weighted by molar-refractivity contribution is 6.32. The molecule has 5 nitrogen and oxygen atoms in total. The molecular weight excluding hydrogens is 282 g/mol. The number of ether oxygens (including phenoxy) is 3. The number of rotatable bonds is 9. The van der Waals surface area contributed by atoms with Gasteiger partial charge >= 0.3 is 0 Å². The lowest BCUT2D eigenvalue weighted by Gasteiger charge is -2.16. The van der Waals surface area contributed by atoms with Gasteiger partial charge in [-0.1, -0.05) is 11.6 Å². The monoisotopic (exact) mass is 303 g/mol. The van der Waals surface area contributed by atoms with Crippen LogP contribution in [-0.2, 0) is 11.3 Å². The zero-order valence-corrected chi connectivity index (χ0v) is 12.9. The summed E-state index contributed by atoms with van der Waals surface area (Å²) in [5, 5.41) is 13.2. The Morgan fingerprint density at radius 2 is 2.10 bits per heavy atom. The smallest absolute Gasteiger partial charge is 0.179 e. The molecule has 0 saturated carbocycles. The SMILES string of the molecule is CCOCC(O)COc1c(Cl)cc(CNC)cc1OC. The van der Waals surface area contributed by atoms with Gasteiger partial charge in [0.15, 0.2) is 11.5 Å². The highest BCUT2D eigenvalue weighted by Gasteiger charge is 2.14. The van der Waals surface area contributed by atoms with Crippen molar-refractivity contribution in [3.8, 4) is 11.5 Å². The van der Waals surface area contributed by atoms with Gasteiger partial charge in [-0.2, -0.15) is 0 Å². The fourth-order valence-corrected chi connectivity index (χ4v) is 1.99. The van der Waals surface area contributed by atoms with Crippen LogP contribution in [0.1, 0.15) is 12.5 Å². The minimum Gasteiger partial charge on any atom is -0.493 e. The molecule has 6 heteroatoms. The molecule has 0 amide bonds. The second-order valence-electron chi connectivity index (χ2n) is 4.26. The fourth-order valence-electron chi connectivity index (χ4n) is 1.70. The van der Waals surface area contributed by atoms with Gasteiger partial charge in [-0.05, 0) is 31.7 Å². The summed E-state index contributed by atoms with van der Waals surface area (Å²) in [6.07, 6.45) is -0.701. The zero-order valence-electron chi connectivity index (χ0n) is 12.1. The highest BCUT2D eigenvalue weighted by Crippen LogP contribution is 2.36. The molecular formula is C14H22ClNO4. The number of hydrogen-bond acceptors (Lipinski definition) is 5. The highest BCUT2D eigenvalue weighted by atomic mass is 35.5. The van der Waals surface area contributed by atoms with E-state index in [1.54, 1.807) is 7.11 Å². The van der Waals surface area contributed by atoms with Gasteiger partial charge in [0.2, 0.25) is 0 Å². The molecule has 0 aromatic heterocycles. The Balaban J connectivity index is 2.73. The van der Waals surface area contributed by atoms with Crippen LogP contribution >= 0.6 is 11.6 Å². The summed E-state index contributed by atoms with van der Waals surface area (Å²) in [7, 11) is 3.41. The Labute approximate surface area is 124 Å². The van der Waals surface area contributed by atoms with Crippen molar-refractivity contribution in [1.82, 2.24) is 5.32 Å². The van der Waals surface area contributed by atoms with Gasteiger partial charge in [-0.25, -0.2) is 0 Å². The van der Waals surface area contributed by atoms with Crippen LogP contribution in [-0.4, -0.2) is 45.2 Å². The zero-order chi connectivity index (χ0) is 15.0. The molecule has 2 N–H and O–H groups in total. The second-order valence-corrected chi connectivity index (χ2v) is 4.67. The van der Waals surface area contributed by atoms with Crippen molar-refractivity contribution in [2.45, 2.75) is 19.6 Å². The van der Waals surface area contributed by atoms with E-state index in [0.717, 1.165) is 5.56 Å². The summed E-state index contributed by atoms with van der Waals surface area (Å²) >= 11 is 6.19. The molecule has 114 valence electrons. The first-order valence-electron chi connectivity index (χ1n) is 6.52. The molecule has 1 aromatic carbocycles. The van der Waals surface area contributed by atoms with Crippen LogP contribution < -0.4 is 14.8 Å². The van der Waals surface area contributed by atoms with Crippen molar-refractivity contribution >= 4 is 11.6 Å². The van der Waals surface area contributed by atoms with Crippen molar-refractivity contribution in [3.05, 3.63) is 22.7 Å². The van der Waals surface area contributed by atoms with Gasteiger partial charge in [0.05, 0.1) is 18.7 Å². The van der Waals surface area contributed by atoms with Gasteiger partial charge in [0, 0.05) is 13.2 Å². The van der Waals surface area contributed by atoms with E-state index < -0.39 is 6.10 Å². The molecule has 1 rings (SSSR count). The normalized spacial score (nSPS) is 12.2. The van der Waals surface area contributed by atoms with Gasteiger partial charge in [0.25, 0.3) is 0 Å². The Kier molecular flexibility index (Phi) is 7.69. The predicted molar refractivity (Wildman–Crippen MR) is 78.8 cm³/mol. The second kappa shape index (κ2) is 9.02. The molecule has 0 bridgehead atoms. The van der Waals surface area contributed by atoms with Crippen molar-refractivity contribution in [2.75, 3.05) is 34.0 Å². The van der Waals surface area contributed by atoms with Gasteiger partial charge in [-0.3, -0.25) is 0 Å². The Morgan fingerprint density at radius 3 is 2.70 bits per heavy atom. The summed E-state index contributed by atoms with van der Waals surface area (Å²) in [5.41, 5.74) is 0.997. The average molecular weight is 304 g/mol. The lowest BCUT2D eigenvalue weighted by molar-refractivity contribution is 0.0160. The van der Waals surface area contributed by atoms with Crippen LogP contribution in [0.4, 0.5) is 0 Å². The first kappa shape index (κ1) is 17.0. The number of aliphatic hydroxyl groups excluding tert-OH is 1. The van der Waals surface area contributed by atoms with Crippen molar-refractivity contribution in [1.29, 1.82) is 0 Å². The predicted octanol–water partition coefficient (Wildman–Crippen LogP) is 1.84. The first-order chi connectivity index (χ1) is 9.62. The number of aliphatic hydroxyl groups is 1. The van der Waals surface area contributed by atoms with E-state index in [-0.39, 0.29) is 13.2 Å². The first-order valence-corrected chi connectivity index (χ1v) is 6.89. The summed E-state index contributed by atoms with van der Waals surface area (Å²) in [6.45, 7) is 3.44. The standard InChI is InChI=1S/C14H22ClNO4/c1-4-19-8-11(17)9-20-14-12(15)5-10(7-16-2)6-13(14)18-3/h5-6,11,16-17H,4,7-9H2,1-3H3. The Hall–Kier alpha value is -1.01. The van der Waals surface area contributed by atoms with Gasteiger partial charge < -0.3 is 24.6 Å². The van der Waals surface area contributed by atoms with Crippen LogP contribution in [0.15, 0.2) is 12.1 Å². The maximum absolute atomic E-state index is 9.69. The van der Waals surface area contributed by atoms with E-state index in [4.69, 9.17) is 25.8 Å². The number of halogens is 1. The van der Waals surface area contributed by atoms with E-state index >= 15 is 0 Å². The van der Waals surface area contributed by atoms with Crippen LogP contribution in [0.5, 0.6) is 11.5 Å². The third-order valence-electron chi connectivity index (χ3n) is 2.60. The maximum atomic E-state index is 9.69. The molecule has 0 aliphatic carbocycles. The van der Waals surface area contributed by atoms with E-state index in [1.165, 1.54) is 0 Å². The summed E-state index contributed by atoms with van der Waals surface area (Å²) in [6, 6.07) is 3.66. The maximum Gasteiger partial charge on any atom is 0.179 e. The van der Waals surface area contributed by atoms with Crippen LogP contribution in [0.25, 0.3) is 0 Å². The lowest BCUT2D eigenvalue weighted by Crippen LogP contribution is -2.23. The van der Waals surface area contributed by atoms with Crippen molar-refractivity contribution in [3.63, 3.8) is 0 Å². The molecule has 0 aliphatic heterocycles. The molecule has 0 fully saturated rings. The van der Waals surface area contributed by atoms with E-state index in [1.807, 2.05) is 26.1 Å². The molecule has 0 aliphatic rings. The number of benzene rings is 1. The lowest BCUT2D eigenvalue weighted by atomic mass is 10.2. The Morgan fingerprint density at radius 1 is 1.35 bits per heavy atom. The number of hydrogen-bond donors (Lipinski definition) is 2. The van der Waals surface area contributed by atoms with E-state index in [9.17, 15) is 5.11 Å². The molecule has 0 spiro atoms.